The highest BCUT2D eigenvalue weighted by molar-refractivity contribution is 7.91. The van der Waals surface area contributed by atoms with E-state index in [9.17, 15) is 13.2 Å². The molecule has 1 aliphatic carbocycles. The Morgan fingerprint density at radius 3 is 2.31 bits per heavy atom. The zero-order valence-electron chi connectivity index (χ0n) is 7.62. The Morgan fingerprint density at radius 2 is 2.00 bits per heavy atom. The standard InChI is InChI=1S/C8H14O4S/c1-2-5-13(11,12)6-8(3-4-8)7(9)10/h2-6H2,1H3,(H,9,10). The second kappa shape index (κ2) is 3.29. The summed E-state index contributed by atoms with van der Waals surface area (Å²) in [6.07, 6.45) is 1.56. The van der Waals surface area contributed by atoms with Gasteiger partial charge in [-0.25, -0.2) is 8.42 Å². The smallest absolute Gasteiger partial charge is 0.310 e. The summed E-state index contributed by atoms with van der Waals surface area (Å²) in [7, 11) is -3.15. The Bertz CT molecular complexity index is 300. The SMILES string of the molecule is CCCS(=O)(=O)CC1(C(=O)O)CC1. The van der Waals surface area contributed by atoms with Gasteiger partial charge in [0.1, 0.15) is 0 Å². The minimum Gasteiger partial charge on any atom is -0.481 e. The van der Waals surface area contributed by atoms with Gasteiger partial charge in [-0.2, -0.15) is 0 Å². The zero-order valence-corrected chi connectivity index (χ0v) is 8.43. The van der Waals surface area contributed by atoms with Crippen LogP contribution in [-0.4, -0.2) is 31.0 Å². The molecule has 0 saturated heterocycles. The lowest BCUT2D eigenvalue weighted by Gasteiger charge is -2.09. The van der Waals surface area contributed by atoms with Crippen LogP contribution < -0.4 is 0 Å². The molecule has 0 bridgehead atoms. The van der Waals surface area contributed by atoms with Crippen LogP contribution in [0.5, 0.6) is 0 Å². The quantitative estimate of drug-likeness (QED) is 0.718. The highest BCUT2D eigenvalue weighted by Gasteiger charge is 2.52. The molecule has 0 radical (unpaired) electrons. The van der Waals surface area contributed by atoms with Crippen molar-refractivity contribution in [1.29, 1.82) is 0 Å². The molecular formula is C8H14O4S. The fourth-order valence-electron chi connectivity index (χ4n) is 1.37. The van der Waals surface area contributed by atoms with Crippen molar-refractivity contribution in [1.82, 2.24) is 0 Å². The normalized spacial score (nSPS) is 19.8. The molecule has 1 fully saturated rings. The molecule has 0 aromatic heterocycles. The molecule has 76 valence electrons. The molecule has 0 aromatic rings. The van der Waals surface area contributed by atoms with Gasteiger partial charge < -0.3 is 5.11 Å². The van der Waals surface area contributed by atoms with Gasteiger partial charge in [-0.15, -0.1) is 0 Å². The van der Waals surface area contributed by atoms with E-state index in [1.807, 2.05) is 0 Å². The molecule has 13 heavy (non-hydrogen) atoms. The minimum absolute atomic E-state index is 0.0992. The van der Waals surface area contributed by atoms with Crippen LogP contribution in [0, 0.1) is 5.41 Å². The van der Waals surface area contributed by atoms with Crippen molar-refractivity contribution in [3.05, 3.63) is 0 Å². The molecule has 0 aliphatic heterocycles. The maximum absolute atomic E-state index is 11.3. The van der Waals surface area contributed by atoms with Crippen LogP contribution in [0.25, 0.3) is 0 Å². The first kappa shape index (κ1) is 10.5. The molecule has 0 aromatic carbocycles. The van der Waals surface area contributed by atoms with Crippen molar-refractivity contribution in [3.63, 3.8) is 0 Å². The molecule has 0 spiro atoms. The van der Waals surface area contributed by atoms with Crippen LogP contribution in [0.2, 0.25) is 0 Å². The summed E-state index contributed by atoms with van der Waals surface area (Å²) in [5.74, 6) is -1.04. The van der Waals surface area contributed by atoms with E-state index in [1.54, 1.807) is 6.92 Å². The van der Waals surface area contributed by atoms with Crippen molar-refractivity contribution in [2.75, 3.05) is 11.5 Å². The lowest BCUT2D eigenvalue weighted by molar-refractivity contribution is -0.142. The monoisotopic (exact) mass is 206 g/mol. The first-order valence-electron chi connectivity index (χ1n) is 4.36. The van der Waals surface area contributed by atoms with Crippen LogP contribution in [0.1, 0.15) is 26.2 Å². The third-order valence-corrected chi connectivity index (χ3v) is 4.34. The van der Waals surface area contributed by atoms with Gasteiger partial charge in [0.25, 0.3) is 0 Å². The van der Waals surface area contributed by atoms with Gasteiger partial charge in [0.2, 0.25) is 0 Å². The Kier molecular flexibility index (Phi) is 2.66. The second-order valence-electron chi connectivity index (χ2n) is 3.68. The molecular weight excluding hydrogens is 192 g/mol. The van der Waals surface area contributed by atoms with E-state index in [-0.39, 0.29) is 11.5 Å². The van der Waals surface area contributed by atoms with Crippen LogP contribution in [-0.2, 0) is 14.6 Å². The van der Waals surface area contributed by atoms with Gasteiger partial charge in [0.05, 0.1) is 11.2 Å². The van der Waals surface area contributed by atoms with Crippen molar-refractivity contribution in [3.8, 4) is 0 Å². The summed E-state index contributed by atoms with van der Waals surface area (Å²) < 4.78 is 22.7. The number of hydrogen-bond acceptors (Lipinski definition) is 3. The predicted octanol–water partition coefficient (Wildman–Crippen LogP) is 0.676. The number of carboxylic acids is 1. The molecule has 4 nitrogen and oxygen atoms in total. The molecule has 5 heteroatoms. The summed E-state index contributed by atoms with van der Waals surface area (Å²) in [5.41, 5.74) is -0.937. The largest absolute Gasteiger partial charge is 0.481 e. The number of aliphatic carboxylic acids is 1. The van der Waals surface area contributed by atoms with Gasteiger partial charge in [-0.1, -0.05) is 6.92 Å². The number of carbonyl (C=O) groups is 1. The van der Waals surface area contributed by atoms with E-state index in [2.05, 4.69) is 0 Å². The molecule has 1 rings (SSSR count). The van der Waals surface area contributed by atoms with Gasteiger partial charge in [-0.05, 0) is 19.3 Å². The van der Waals surface area contributed by atoms with Crippen molar-refractivity contribution >= 4 is 15.8 Å². The highest BCUT2D eigenvalue weighted by Crippen LogP contribution is 2.47. The first-order valence-corrected chi connectivity index (χ1v) is 6.18. The average molecular weight is 206 g/mol. The molecule has 0 atom stereocenters. The lowest BCUT2D eigenvalue weighted by Crippen LogP contribution is -2.26. The minimum atomic E-state index is -3.15. The molecule has 0 unspecified atom stereocenters. The topological polar surface area (TPSA) is 71.4 Å². The van der Waals surface area contributed by atoms with Crippen LogP contribution in [0.3, 0.4) is 0 Å². The lowest BCUT2D eigenvalue weighted by atomic mass is 10.1. The average Bonchev–Trinajstić information content (AvgIpc) is 2.67. The van der Waals surface area contributed by atoms with E-state index in [4.69, 9.17) is 5.11 Å². The third kappa shape index (κ3) is 2.43. The summed E-state index contributed by atoms with van der Waals surface area (Å²) in [6.45, 7) is 1.78. The van der Waals surface area contributed by atoms with E-state index < -0.39 is 21.2 Å². The Balaban J connectivity index is 2.64. The molecule has 0 amide bonds. The Hall–Kier alpha value is -0.580. The number of rotatable bonds is 5. The summed E-state index contributed by atoms with van der Waals surface area (Å²) in [5, 5.41) is 8.77. The molecule has 1 saturated carbocycles. The van der Waals surface area contributed by atoms with Crippen LogP contribution >= 0.6 is 0 Å². The van der Waals surface area contributed by atoms with E-state index in [0.29, 0.717) is 19.3 Å². The zero-order chi connectivity index (χ0) is 10.1. The first-order chi connectivity index (χ1) is 5.92. The number of carboxylic acid groups (broad SMARTS) is 1. The van der Waals surface area contributed by atoms with E-state index in [0.717, 1.165) is 0 Å². The Morgan fingerprint density at radius 1 is 1.46 bits per heavy atom. The van der Waals surface area contributed by atoms with E-state index >= 15 is 0 Å². The van der Waals surface area contributed by atoms with E-state index in [1.165, 1.54) is 0 Å². The Labute approximate surface area is 77.9 Å². The third-order valence-electron chi connectivity index (χ3n) is 2.32. The van der Waals surface area contributed by atoms with Gasteiger partial charge in [0.15, 0.2) is 9.84 Å². The summed E-state index contributed by atoms with van der Waals surface area (Å²) in [4.78, 5) is 10.7. The summed E-state index contributed by atoms with van der Waals surface area (Å²) in [6, 6.07) is 0. The maximum Gasteiger partial charge on any atom is 0.310 e. The highest BCUT2D eigenvalue weighted by atomic mass is 32.2. The van der Waals surface area contributed by atoms with Crippen molar-refractivity contribution in [2.45, 2.75) is 26.2 Å². The fraction of sp³-hybridized carbons (Fsp3) is 0.875. The fourth-order valence-corrected chi connectivity index (χ4v) is 3.40. The van der Waals surface area contributed by atoms with Crippen molar-refractivity contribution < 1.29 is 18.3 Å². The summed E-state index contributed by atoms with van der Waals surface area (Å²) >= 11 is 0. The van der Waals surface area contributed by atoms with Gasteiger partial charge in [0, 0.05) is 5.75 Å². The predicted molar refractivity (Wildman–Crippen MR) is 48.2 cm³/mol. The molecule has 1 N–H and O–H groups in total. The van der Waals surface area contributed by atoms with Crippen LogP contribution in [0.15, 0.2) is 0 Å². The van der Waals surface area contributed by atoms with Gasteiger partial charge >= 0.3 is 5.97 Å². The van der Waals surface area contributed by atoms with Crippen molar-refractivity contribution in [2.24, 2.45) is 5.41 Å². The molecule has 1 aliphatic rings. The van der Waals surface area contributed by atoms with Crippen LogP contribution in [0.4, 0.5) is 0 Å². The van der Waals surface area contributed by atoms with Gasteiger partial charge in [-0.3, -0.25) is 4.79 Å². The number of sulfone groups is 1. The molecule has 0 heterocycles. The maximum atomic E-state index is 11.3. The number of hydrogen-bond donors (Lipinski definition) is 1. The second-order valence-corrected chi connectivity index (χ2v) is 5.86.